The fraction of sp³-hybridized carbons (Fsp3) is 0.214. The second-order valence-electron chi connectivity index (χ2n) is 4.19. The Morgan fingerprint density at radius 3 is 2.55 bits per heavy atom. The van der Waals surface area contributed by atoms with Crippen LogP contribution in [0.25, 0.3) is 0 Å². The molecule has 0 spiro atoms. The Morgan fingerprint density at radius 1 is 1.20 bits per heavy atom. The average Bonchev–Trinajstić information content (AvgIpc) is 2.47. The zero-order valence-electron chi connectivity index (χ0n) is 11.6. The maximum absolute atomic E-state index is 12.0. The number of carbonyl (C=O) groups excluding carboxylic acids is 1. The Kier molecular flexibility index (Phi) is 4.14. The van der Waals surface area contributed by atoms with Crippen molar-refractivity contribution in [2.75, 3.05) is 24.8 Å². The number of methoxy groups -OCH3 is 1. The molecule has 1 aromatic heterocycles. The van der Waals surface area contributed by atoms with Crippen molar-refractivity contribution >= 4 is 17.4 Å². The third-order valence-electron chi connectivity index (χ3n) is 2.81. The van der Waals surface area contributed by atoms with E-state index >= 15 is 0 Å². The Bertz CT molecular complexity index is 611. The van der Waals surface area contributed by atoms with Crippen molar-refractivity contribution in [2.45, 2.75) is 6.92 Å². The van der Waals surface area contributed by atoms with E-state index in [0.717, 1.165) is 11.3 Å². The van der Waals surface area contributed by atoms with E-state index in [9.17, 15) is 4.79 Å². The predicted octanol–water partition coefficient (Wildman–Crippen LogP) is 2.09. The topological polar surface area (TPSA) is 76.1 Å². The van der Waals surface area contributed by atoms with E-state index in [0.29, 0.717) is 11.5 Å². The van der Waals surface area contributed by atoms with Crippen molar-refractivity contribution in [2.24, 2.45) is 0 Å². The molecule has 0 aliphatic carbocycles. The summed E-state index contributed by atoms with van der Waals surface area (Å²) in [4.78, 5) is 12.0. The van der Waals surface area contributed by atoms with Crippen LogP contribution in [0.2, 0.25) is 0 Å². The molecule has 2 rings (SSSR count). The summed E-state index contributed by atoms with van der Waals surface area (Å²) in [5.41, 5.74) is 1.90. The first kappa shape index (κ1) is 13.8. The normalized spacial score (nSPS) is 9.95. The summed E-state index contributed by atoms with van der Waals surface area (Å²) in [6.45, 7) is 1.91. The van der Waals surface area contributed by atoms with E-state index in [1.165, 1.54) is 0 Å². The molecule has 2 aromatic rings. The summed E-state index contributed by atoms with van der Waals surface area (Å²) in [6, 6.07) is 8.73. The molecule has 0 fully saturated rings. The molecule has 0 atom stereocenters. The summed E-state index contributed by atoms with van der Waals surface area (Å²) in [5.74, 6) is 1.09. The summed E-state index contributed by atoms with van der Waals surface area (Å²) in [5, 5.41) is 13.3. The Morgan fingerprint density at radius 2 is 2.00 bits per heavy atom. The highest BCUT2D eigenvalue weighted by Gasteiger charge is 2.09. The van der Waals surface area contributed by atoms with Crippen molar-refractivity contribution in [3.05, 3.63) is 41.6 Å². The van der Waals surface area contributed by atoms with Gasteiger partial charge >= 0.3 is 0 Å². The van der Waals surface area contributed by atoms with Crippen LogP contribution in [0.3, 0.4) is 0 Å². The van der Waals surface area contributed by atoms with Gasteiger partial charge in [-0.25, -0.2) is 0 Å². The van der Waals surface area contributed by atoms with Crippen molar-refractivity contribution in [1.82, 2.24) is 10.2 Å². The molecule has 6 nitrogen and oxygen atoms in total. The van der Waals surface area contributed by atoms with Gasteiger partial charge < -0.3 is 15.4 Å². The molecule has 104 valence electrons. The number of aryl methyl sites for hydroxylation is 1. The molecular formula is C14H16N4O2. The van der Waals surface area contributed by atoms with Crippen molar-refractivity contribution in [3.63, 3.8) is 0 Å². The van der Waals surface area contributed by atoms with Gasteiger partial charge in [0.05, 0.1) is 7.11 Å². The zero-order valence-corrected chi connectivity index (χ0v) is 11.6. The largest absolute Gasteiger partial charge is 0.496 e. The monoisotopic (exact) mass is 272 g/mol. The molecule has 0 aliphatic rings. The lowest BCUT2D eigenvalue weighted by Gasteiger charge is -2.08. The molecule has 2 N–H and O–H groups in total. The Balaban J connectivity index is 2.12. The molecular weight excluding hydrogens is 256 g/mol. The number of aromatic nitrogens is 2. The highest BCUT2D eigenvalue weighted by atomic mass is 16.5. The molecule has 0 bridgehead atoms. The molecule has 0 saturated heterocycles. The van der Waals surface area contributed by atoms with Crippen LogP contribution in [0.1, 0.15) is 16.1 Å². The zero-order chi connectivity index (χ0) is 14.5. The molecule has 1 amide bonds. The fourth-order valence-corrected chi connectivity index (χ4v) is 1.74. The second-order valence-corrected chi connectivity index (χ2v) is 4.19. The first-order valence-electron chi connectivity index (χ1n) is 6.11. The molecule has 1 heterocycles. The van der Waals surface area contributed by atoms with Gasteiger partial charge in [-0.1, -0.05) is 0 Å². The number of anilines is 2. The first-order valence-corrected chi connectivity index (χ1v) is 6.11. The van der Waals surface area contributed by atoms with Gasteiger partial charge in [-0.15, -0.1) is 10.2 Å². The number of amides is 1. The quantitative estimate of drug-likeness (QED) is 0.891. The Labute approximate surface area is 117 Å². The molecule has 0 radical (unpaired) electrons. The summed E-state index contributed by atoms with van der Waals surface area (Å²) in [7, 11) is 3.35. The number of ether oxygens (including phenoxy) is 1. The van der Waals surface area contributed by atoms with Crippen molar-refractivity contribution in [1.29, 1.82) is 0 Å². The molecule has 0 unspecified atom stereocenters. The minimum absolute atomic E-state index is 0.262. The maximum Gasteiger partial charge on any atom is 0.276 e. The first-order chi connectivity index (χ1) is 9.63. The lowest BCUT2D eigenvalue weighted by atomic mass is 10.2. The number of rotatable bonds is 4. The third kappa shape index (κ3) is 3.03. The molecule has 20 heavy (non-hydrogen) atoms. The standard InChI is InChI=1S/C14H16N4O2/c1-9-8-10(4-6-12(9)20-3)16-14(19)11-5-7-13(15-2)18-17-11/h4-8H,1-3H3,(H,15,18)(H,16,19). The van der Waals surface area contributed by atoms with Gasteiger partial charge in [0.25, 0.3) is 5.91 Å². The number of carbonyl (C=O) groups is 1. The highest BCUT2D eigenvalue weighted by Crippen LogP contribution is 2.21. The summed E-state index contributed by atoms with van der Waals surface area (Å²) >= 11 is 0. The smallest absolute Gasteiger partial charge is 0.276 e. The number of nitrogens with one attached hydrogen (secondary N) is 2. The van der Waals surface area contributed by atoms with Crippen LogP contribution in [-0.4, -0.2) is 30.3 Å². The van der Waals surface area contributed by atoms with Gasteiger partial charge in [-0.2, -0.15) is 0 Å². The van der Waals surface area contributed by atoms with Gasteiger partial charge in [-0.05, 0) is 42.8 Å². The van der Waals surface area contributed by atoms with Gasteiger partial charge in [-0.3, -0.25) is 4.79 Å². The molecule has 1 aromatic carbocycles. The third-order valence-corrected chi connectivity index (χ3v) is 2.81. The van der Waals surface area contributed by atoms with Crippen molar-refractivity contribution < 1.29 is 9.53 Å². The van der Waals surface area contributed by atoms with E-state index in [4.69, 9.17) is 4.74 Å². The minimum Gasteiger partial charge on any atom is -0.496 e. The fourth-order valence-electron chi connectivity index (χ4n) is 1.74. The van der Waals surface area contributed by atoms with Gasteiger partial charge in [0, 0.05) is 12.7 Å². The van der Waals surface area contributed by atoms with Crippen LogP contribution in [0, 0.1) is 6.92 Å². The minimum atomic E-state index is -0.301. The van der Waals surface area contributed by atoms with E-state index in [1.807, 2.05) is 13.0 Å². The van der Waals surface area contributed by atoms with Crippen LogP contribution >= 0.6 is 0 Å². The molecule has 6 heteroatoms. The van der Waals surface area contributed by atoms with Crippen LogP contribution in [-0.2, 0) is 0 Å². The van der Waals surface area contributed by atoms with Gasteiger partial charge in [0.1, 0.15) is 11.6 Å². The predicted molar refractivity (Wildman–Crippen MR) is 77.3 cm³/mol. The van der Waals surface area contributed by atoms with Gasteiger partial charge in [0.15, 0.2) is 5.69 Å². The summed E-state index contributed by atoms with van der Waals surface area (Å²) < 4.78 is 5.17. The van der Waals surface area contributed by atoms with Crippen LogP contribution in [0.5, 0.6) is 5.75 Å². The maximum atomic E-state index is 12.0. The van der Waals surface area contributed by atoms with Crippen LogP contribution in [0.15, 0.2) is 30.3 Å². The van der Waals surface area contributed by atoms with E-state index in [1.54, 1.807) is 38.4 Å². The number of hydrogen-bond donors (Lipinski definition) is 2. The van der Waals surface area contributed by atoms with E-state index in [-0.39, 0.29) is 11.6 Å². The number of benzene rings is 1. The van der Waals surface area contributed by atoms with E-state index in [2.05, 4.69) is 20.8 Å². The Hall–Kier alpha value is -2.63. The highest BCUT2D eigenvalue weighted by molar-refractivity contribution is 6.02. The SMILES string of the molecule is CNc1ccc(C(=O)Nc2ccc(OC)c(C)c2)nn1. The molecule has 0 aliphatic heterocycles. The lowest BCUT2D eigenvalue weighted by molar-refractivity contribution is 0.102. The molecule has 0 saturated carbocycles. The van der Waals surface area contributed by atoms with Crippen LogP contribution < -0.4 is 15.4 Å². The van der Waals surface area contributed by atoms with Crippen LogP contribution in [0.4, 0.5) is 11.5 Å². The van der Waals surface area contributed by atoms with Gasteiger partial charge in [0.2, 0.25) is 0 Å². The van der Waals surface area contributed by atoms with Crippen molar-refractivity contribution in [3.8, 4) is 5.75 Å². The second kappa shape index (κ2) is 6.01. The lowest BCUT2D eigenvalue weighted by Crippen LogP contribution is -2.14. The average molecular weight is 272 g/mol. The summed E-state index contributed by atoms with van der Waals surface area (Å²) in [6.07, 6.45) is 0. The van der Waals surface area contributed by atoms with E-state index < -0.39 is 0 Å². The number of hydrogen-bond acceptors (Lipinski definition) is 5. The number of nitrogens with zero attached hydrogens (tertiary/aromatic N) is 2.